The summed E-state index contributed by atoms with van der Waals surface area (Å²) in [5.41, 5.74) is 0.629. The highest BCUT2D eigenvalue weighted by Gasteiger charge is 2.52. The zero-order valence-corrected chi connectivity index (χ0v) is 18.7. The first-order valence-electron chi connectivity index (χ1n) is 10.2. The fourth-order valence-corrected chi connectivity index (χ4v) is 5.61. The van der Waals surface area contributed by atoms with E-state index in [0.717, 1.165) is 5.56 Å². The van der Waals surface area contributed by atoms with E-state index < -0.39 is 29.6 Å². The Labute approximate surface area is 194 Å². The minimum Gasteiger partial charge on any atom is -0.481 e. The van der Waals surface area contributed by atoms with Gasteiger partial charge in [0.15, 0.2) is 5.78 Å². The summed E-state index contributed by atoms with van der Waals surface area (Å²) in [6.45, 7) is -0.121. The van der Waals surface area contributed by atoms with E-state index in [0.29, 0.717) is 27.7 Å². The number of carboxylic acids is 1. The van der Waals surface area contributed by atoms with E-state index in [-0.39, 0.29) is 18.7 Å². The molecule has 4 rings (SSSR count). The number of carbonyl (C=O) groups excluding carboxylic acids is 2. The molecule has 164 valence electrons. The number of nitrogens with zero attached hydrogens (tertiary/aromatic N) is 1. The second kappa shape index (κ2) is 9.22. The number of halogens is 1. The van der Waals surface area contributed by atoms with E-state index >= 15 is 0 Å². The van der Waals surface area contributed by atoms with E-state index in [1.54, 1.807) is 11.4 Å². The van der Waals surface area contributed by atoms with Crippen LogP contribution in [0.1, 0.15) is 35.8 Å². The average Bonchev–Trinajstić information content (AvgIpc) is 3.27. The molecule has 0 bridgehead atoms. The molecule has 2 heterocycles. The quantitative estimate of drug-likeness (QED) is 0.577. The lowest BCUT2D eigenvalue weighted by atomic mass is 9.66. The molecular weight excluding hydrogens is 448 g/mol. The summed E-state index contributed by atoms with van der Waals surface area (Å²) in [5, 5.41) is 15.3. The first-order chi connectivity index (χ1) is 15.4. The van der Waals surface area contributed by atoms with Crippen molar-refractivity contribution < 1.29 is 19.5 Å². The van der Waals surface area contributed by atoms with Gasteiger partial charge in [0.2, 0.25) is 5.91 Å². The monoisotopic (exact) mass is 468 g/mol. The molecule has 0 spiro atoms. The molecule has 2 atom stereocenters. The van der Waals surface area contributed by atoms with Crippen LogP contribution in [0, 0.1) is 0 Å². The maximum absolute atomic E-state index is 13.6. The molecule has 1 aromatic heterocycles. The van der Waals surface area contributed by atoms with Gasteiger partial charge in [-0.25, -0.2) is 4.98 Å². The standard InChI is InChI=1S/C24H21ClN2O4S/c25-19-9-5-4-8-17(19)20-14-32-23(27-20)24(12-21(29)30)18(15-6-2-1-3-7-15)11-10-16(28)13-26-22(24)31/h1-9,14,18H,10-13H2,(H,26,31)(H,29,30)/t18-,24-/m0/s1. The third-order valence-electron chi connectivity index (χ3n) is 5.83. The van der Waals surface area contributed by atoms with Gasteiger partial charge < -0.3 is 10.4 Å². The van der Waals surface area contributed by atoms with Crippen LogP contribution in [-0.4, -0.2) is 34.3 Å². The number of carboxylic acid groups (broad SMARTS) is 1. The van der Waals surface area contributed by atoms with Crippen LogP contribution in [-0.2, 0) is 19.8 Å². The van der Waals surface area contributed by atoms with Gasteiger partial charge in [-0.1, -0.05) is 60.1 Å². The molecule has 0 aliphatic carbocycles. The SMILES string of the molecule is O=C(O)C[C@@]1(c2nc(-c3ccccc3Cl)cs2)C(=O)NCC(=O)CC[C@H]1c1ccccc1. The van der Waals surface area contributed by atoms with Crippen LogP contribution < -0.4 is 5.32 Å². The number of ketones is 1. The summed E-state index contributed by atoms with van der Waals surface area (Å²) in [7, 11) is 0. The van der Waals surface area contributed by atoms with Crippen LogP contribution in [0.25, 0.3) is 11.3 Å². The van der Waals surface area contributed by atoms with Crippen LogP contribution in [0.5, 0.6) is 0 Å². The second-order valence-corrected chi connectivity index (χ2v) is 9.05. The van der Waals surface area contributed by atoms with Crippen molar-refractivity contribution in [2.24, 2.45) is 0 Å². The number of hydrogen-bond acceptors (Lipinski definition) is 5. The van der Waals surface area contributed by atoms with Gasteiger partial charge in [0, 0.05) is 28.3 Å². The molecule has 8 heteroatoms. The highest BCUT2D eigenvalue weighted by Crippen LogP contribution is 2.47. The molecule has 0 saturated carbocycles. The van der Waals surface area contributed by atoms with Crippen molar-refractivity contribution in [3.05, 3.63) is 75.6 Å². The van der Waals surface area contributed by atoms with E-state index in [9.17, 15) is 19.5 Å². The van der Waals surface area contributed by atoms with Gasteiger partial charge >= 0.3 is 5.97 Å². The number of nitrogens with one attached hydrogen (secondary N) is 1. The molecule has 6 nitrogen and oxygen atoms in total. The second-order valence-electron chi connectivity index (χ2n) is 7.78. The van der Waals surface area contributed by atoms with E-state index in [2.05, 4.69) is 5.32 Å². The number of amides is 1. The van der Waals surface area contributed by atoms with E-state index in [1.807, 2.05) is 48.5 Å². The Kier molecular flexibility index (Phi) is 6.39. The Morgan fingerprint density at radius 3 is 2.59 bits per heavy atom. The molecule has 3 aromatic rings. The number of Topliss-reactive ketones (excluding diaryl/α,β-unsaturated/α-hetero) is 1. The number of aromatic nitrogens is 1. The number of thiazole rings is 1. The third-order valence-corrected chi connectivity index (χ3v) is 7.18. The van der Waals surface area contributed by atoms with Crippen molar-refractivity contribution in [3.63, 3.8) is 0 Å². The molecule has 1 fully saturated rings. The first-order valence-corrected chi connectivity index (χ1v) is 11.4. The minimum atomic E-state index is -1.46. The zero-order valence-electron chi connectivity index (χ0n) is 17.1. The largest absolute Gasteiger partial charge is 0.481 e. The van der Waals surface area contributed by atoms with Crippen molar-refractivity contribution in [1.82, 2.24) is 10.3 Å². The minimum absolute atomic E-state index is 0.0842. The van der Waals surface area contributed by atoms with Crippen LogP contribution in [0.2, 0.25) is 5.02 Å². The van der Waals surface area contributed by atoms with Gasteiger partial charge in [-0.05, 0) is 18.1 Å². The van der Waals surface area contributed by atoms with Gasteiger partial charge in [-0.15, -0.1) is 11.3 Å². The van der Waals surface area contributed by atoms with Crippen molar-refractivity contribution in [2.75, 3.05) is 6.54 Å². The average molecular weight is 469 g/mol. The molecule has 2 aromatic carbocycles. The molecule has 32 heavy (non-hydrogen) atoms. The maximum Gasteiger partial charge on any atom is 0.304 e. The Morgan fingerprint density at radius 2 is 1.88 bits per heavy atom. The van der Waals surface area contributed by atoms with Gasteiger partial charge in [-0.2, -0.15) is 0 Å². The lowest BCUT2D eigenvalue weighted by molar-refractivity contribution is -0.143. The normalized spacial score (nSPS) is 21.5. The van der Waals surface area contributed by atoms with Crippen LogP contribution in [0.3, 0.4) is 0 Å². The topological polar surface area (TPSA) is 96.4 Å². The number of hydrogen-bond donors (Lipinski definition) is 2. The van der Waals surface area contributed by atoms with Gasteiger partial charge in [0.05, 0.1) is 18.7 Å². The molecule has 0 radical (unpaired) electrons. The fraction of sp³-hybridized carbons (Fsp3) is 0.250. The lowest BCUT2D eigenvalue weighted by Gasteiger charge is -2.38. The predicted molar refractivity (Wildman–Crippen MR) is 123 cm³/mol. The summed E-state index contributed by atoms with van der Waals surface area (Å²) >= 11 is 7.58. The van der Waals surface area contributed by atoms with Gasteiger partial charge in [0.1, 0.15) is 10.4 Å². The molecule has 1 amide bonds. The summed E-state index contributed by atoms with van der Waals surface area (Å²) < 4.78 is 0. The van der Waals surface area contributed by atoms with Crippen LogP contribution in [0.15, 0.2) is 60.0 Å². The molecule has 2 N–H and O–H groups in total. The third kappa shape index (κ3) is 4.18. The van der Waals surface area contributed by atoms with Crippen molar-refractivity contribution in [3.8, 4) is 11.3 Å². The van der Waals surface area contributed by atoms with Crippen molar-refractivity contribution >= 4 is 40.6 Å². The van der Waals surface area contributed by atoms with Crippen molar-refractivity contribution in [1.29, 1.82) is 0 Å². The van der Waals surface area contributed by atoms with E-state index in [1.165, 1.54) is 11.3 Å². The molecule has 1 aliphatic heterocycles. The van der Waals surface area contributed by atoms with Crippen molar-refractivity contribution in [2.45, 2.75) is 30.6 Å². The molecule has 1 saturated heterocycles. The summed E-state index contributed by atoms with van der Waals surface area (Å²) in [6.07, 6.45) is 0.149. The van der Waals surface area contributed by atoms with Crippen LogP contribution in [0.4, 0.5) is 0 Å². The number of rotatable bonds is 5. The summed E-state index contributed by atoms with van der Waals surface area (Å²) in [5.74, 6) is -2.22. The molecular formula is C24H21ClN2O4S. The van der Waals surface area contributed by atoms with Crippen LogP contribution >= 0.6 is 22.9 Å². The Hall–Kier alpha value is -3.03. The maximum atomic E-state index is 13.6. The first kappa shape index (κ1) is 22.2. The molecule has 1 aliphatic rings. The number of aliphatic carboxylic acids is 1. The zero-order chi connectivity index (χ0) is 22.7. The predicted octanol–water partition coefficient (Wildman–Crippen LogP) is 4.44. The summed E-state index contributed by atoms with van der Waals surface area (Å²) in [6, 6.07) is 16.5. The lowest BCUT2D eigenvalue weighted by Crippen LogP contribution is -2.52. The highest BCUT2D eigenvalue weighted by atomic mass is 35.5. The number of benzene rings is 2. The fourth-order valence-electron chi connectivity index (χ4n) is 4.31. The summed E-state index contributed by atoms with van der Waals surface area (Å²) in [4.78, 5) is 42.6. The van der Waals surface area contributed by atoms with Gasteiger partial charge in [-0.3, -0.25) is 14.4 Å². The Bertz CT molecular complexity index is 1160. The Morgan fingerprint density at radius 1 is 1.16 bits per heavy atom. The highest BCUT2D eigenvalue weighted by molar-refractivity contribution is 7.10. The van der Waals surface area contributed by atoms with Gasteiger partial charge in [0.25, 0.3) is 0 Å². The van der Waals surface area contributed by atoms with E-state index in [4.69, 9.17) is 16.6 Å². The smallest absolute Gasteiger partial charge is 0.304 e. The Balaban J connectivity index is 1.91. The number of carbonyl (C=O) groups is 3. The molecule has 0 unspecified atom stereocenters.